The van der Waals surface area contributed by atoms with Crippen molar-refractivity contribution in [2.45, 2.75) is 45.8 Å². The van der Waals surface area contributed by atoms with Crippen molar-refractivity contribution in [2.75, 3.05) is 6.61 Å². The molecular weight excluding hydrogens is 211 g/mol. The number of hydrogen-bond donors (Lipinski definition) is 0. The second-order valence-electron chi connectivity index (χ2n) is 3.99. The van der Waals surface area contributed by atoms with Crippen LogP contribution in [0, 0.1) is 0 Å². The van der Waals surface area contributed by atoms with Gasteiger partial charge in [-0.25, -0.2) is 9.78 Å². The summed E-state index contributed by atoms with van der Waals surface area (Å²) in [5.41, 5.74) is -0.372. The van der Waals surface area contributed by atoms with Gasteiger partial charge in [-0.2, -0.15) is 0 Å². The molecule has 0 fully saturated rings. The molecule has 0 N–H and O–H groups in total. The minimum absolute atomic E-state index is 0. The number of carbonyl (C=O) groups is 1. The first-order valence-electron chi connectivity index (χ1n) is 4.49. The van der Waals surface area contributed by atoms with Crippen LogP contribution < -0.4 is 34.7 Å². The number of rotatable bonds is 5. The van der Waals surface area contributed by atoms with Gasteiger partial charge < -0.3 is 14.6 Å². The largest absolute Gasteiger partial charge is 1.00 e. The SMILES string of the molecule is CC(CCOC(=O)[O-])OOC(C)(C)C.[Na+]. The average molecular weight is 228 g/mol. The van der Waals surface area contributed by atoms with Gasteiger partial charge in [-0.1, -0.05) is 0 Å². The Hall–Kier alpha value is 0.190. The molecule has 0 rings (SSSR count). The number of carboxylic acid groups (broad SMARTS) is 1. The fourth-order valence-electron chi connectivity index (χ4n) is 0.583. The van der Waals surface area contributed by atoms with Crippen LogP contribution >= 0.6 is 0 Å². The van der Waals surface area contributed by atoms with E-state index in [0.29, 0.717) is 6.42 Å². The number of hydrogen-bond acceptors (Lipinski definition) is 5. The predicted molar refractivity (Wildman–Crippen MR) is 47.4 cm³/mol. The summed E-state index contributed by atoms with van der Waals surface area (Å²) < 4.78 is 4.21. The van der Waals surface area contributed by atoms with Gasteiger partial charge >= 0.3 is 29.6 Å². The van der Waals surface area contributed by atoms with Crippen LogP contribution in [-0.4, -0.2) is 24.5 Å². The van der Waals surface area contributed by atoms with E-state index in [1.54, 1.807) is 6.92 Å². The van der Waals surface area contributed by atoms with Gasteiger partial charge in [0.15, 0.2) is 0 Å². The molecule has 0 radical (unpaired) electrons. The van der Waals surface area contributed by atoms with Crippen LogP contribution in [0.2, 0.25) is 0 Å². The van der Waals surface area contributed by atoms with Crippen molar-refractivity contribution in [3.8, 4) is 0 Å². The Morgan fingerprint density at radius 1 is 1.40 bits per heavy atom. The van der Waals surface area contributed by atoms with Crippen molar-refractivity contribution in [3.05, 3.63) is 0 Å². The van der Waals surface area contributed by atoms with Crippen LogP contribution in [-0.2, 0) is 14.5 Å². The Morgan fingerprint density at radius 2 is 1.93 bits per heavy atom. The Bertz CT molecular complexity index is 178. The van der Waals surface area contributed by atoms with Crippen LogP contribution in [0.1, 0.15) is 34.1 Å². The molecule has 0 bridgehead atoms. The molecule has 0 aromatic heterocycles. The molecule has 15 heavy (non-hydrogen) atoms. The molecule has 0 saturated heterocycles. The summed E-state index contributed by atoms with van der Waals surface area (Å²) in [7, 11) is 0. The molecule has 5 nitrogen and oxygen atoms in total. The summed E-state index contributed by atoms with van der Waals surface area (Å²) in [4.78, 5) is 19.9. The minimum atomic E-state index is -1.52. The van der Waals surface area contributed by atoms with E-state index in [1.165, 1.54) is 0 Å². The zero-order valence-electron chi connectivity index (χ0n) is 10.0. The molecule has 0 aromatic rings. The molecule has 84 valence electrons. The van der Waals surface area contributed by atoms with Crippen LogP contribution in [0.4, 0.5) is 4.79 Å². The van der Waals surface area contributed by atoms with Crippen molar-refractivity contribution < 1.29 is 54.0 Å². The molecule has 0 aliphatic heterocycles. The monoisotopic (exact) mass is 228 g/mol. The average Bonchev–Trinajstić information content (AvgIpc) is 1.99. The smallest absolute Gasteiger partial charge is 0.550 e. The maximum Gasteiger partial charge on any atom is 1.00 e. The fraction of sp³-hybridized carbons (Fsp3) is 0.889. The zero-order valence-corrected chi connectivity index (χ0v) is 12.0. The summed E-state index contributed by atoms with van der Waals surface area (Å²) in [6, 6.07) is 0. The minimum Gasteiger partial charge on any atom is -0.550 e. The quantitative estimate of drug-likeness (QED) is 0.233. The summed E-state index contributed by atoms with van der Waals surface area (Å²) in [5, 5.41) is 9.89. The first-order chi connectivity index (χ1) is 6.31. The molecule has 0 aliphatic rings. The summed E-state index contributed by atoms with van der Waals surface area (Å²) in [6.45, 7) is 7.40. The first kappa shape index (κ1) is 17.6. The van der Waals surface area contributed by atoms with E-state index in [0.717, 1.165) is 0 Å². The van der Waals surface area contributed by atoms with Crippen molar-refractivity contribution in [3.63, 3.8) is 0 Å². The van der Waals surface area contributed by atoms with Gasteiger partial charge in [0.25, 0.3) is 6.16 Å². The van der Waals surface area contributed by atoms with E-state index in [9.17, 15) is 9.90 Å². The normalized spacial score (nSPS) is 12.8. The van der Waals surface area contributed by atoms with Gasteiger partial charge in [0.2, 0.25) is 0 Å². The maximum absolute atomic E-state index is 9.89. The van der Waals surface area contributed by atoms with Crippen molar-refractivity contribution in [2.24, 2.45) is 0 Å². The molecule has 0 aromatic carbocycles. The Balaban J connectivity index is 0. The van der Waals surface area contributed by atoms with E-state index in [4.69, 9.17) is 9.78 Å². The van der Waals surface area contributed by atoms with Crippen molar-refractivity contribution in [1.82, 2.24) is 0 Å². The maximum atomic E-state index is 9.89. The Morgan fingerprint density at radius 3 is 2.33 bits per heavy atom. The molecule has 0 amide bonds. The number of carbonyl (C=O) groups excluding carboxylic acids is 1. The van der Waals surface area contributed by atoms with Crippen molar-refractivity contribution >= 4 is 6.16 Å². The van der Waals surface area contributed by atoms with E-state index in [1.807, 2.05) is 20.8 Å². The number of ether oxygens (including phenoxy) is 1. The third-order valence-corrected chi connectivity index (χ3v) is 1.21. The van der Waals surface area contributed by atoms with Gasteiger partial charge in [0, 0.05) is 6.61 Å². The second kappa shape index (κ2) is 8.35. The second-order valence-corrected chi connectivity index (χ2v) is 3.99. The van der Waals surface area contributed by atoms with E-state index < -0.39 is 6.16 Å². The summed E-state index contributed by atoms with van der Waals surface area (Å²) >= 11 is 0. The van der Waals surface area contributed by atoms with Crippen LogP contribution in [0.5, 0.6) is 0 Å². The zero-order chi connectivity index (χ0) is 11.2. The van der Waals surface area contributed by atoms with Crippen LogP contribution in [0.3, 0.4) is 0 Å². The van der Waals surface area contributed by atoms with Gasteiger partial charge in [0.1, 0.15) is 0 Å². The van der Waals surface area contributed by atoms with Crippen LogP contribution in [0.15, 0.2) is 0 Å². The van der Waals surface area contributed by atoms with E-state index >= 15 is 0 Å². The molecule has 0 aliphatic carbocycles. The third-order valence-electron chi connectivity index (χ3n) is 1.21. The van der Waals surface area contributed by atoms with Crippen molar-refractivity contribution in [1.29, 1.82) is 0 Å². The standard InChI is InChI=1S/C9H18O5.Na/c1-7(5-6-12-8(10)11)13-14-9(2,3)4;/h7H,5-6H2,1-4H3,(H,10,11);/q;+1/p-1. The molecule has 0 heterocycles. The van der Waals surface area contributed by atoms with Crippen LogP contribution in [0.25, 0.3) is 0 Å². The third kappa shape index (κ3) is 14.2. The summed E-state index contributed by atoms with van der Waals surface area (Å²) in [6.07, 6.45) is -1.30. The predicted octanol–water partition coefficient (Wildman–Crippen LogP) is -2.12. The van der Waals surface area contributed by atoms with Gasteiger partial charge in [-0.15, -0.1) is 0 Å². The molecule has 1 atom stereocenters. The van der Waals surface area contributed by atoms with Gasteiger partial charge in [-0.05, 0) is 34.1 Å². The molecule has 0 saturated carbocycles. The Labute approximate surface area is 112 Å². The molecule has 6 heteroatoms. The van der Waals surface area contributed by atoms with Gasteiger partial charge in [0.05, 0.1) is 11.7 Å². The first-order valence-corrected chi connectivity index (χ1v) is 4.49. The molecule has 1 unspecified atom stereocenters. The fourth-order valence-corrected chi connectivity index (χ4v) is 0.583. The topological polar surface area (TPSA) is 67.8 Å². The van der Waals surface area contributed by atoms with E-state index in [-0.39, 0.29) is 47.9 Å². The molecule has 0 spiro atoms. The summed E-state index contributed by atoms with van der Waals surface area (Å²) in [5.74, 6) is 0. The molecular formula is C9H17NaO5. The Kier molecular flexibility index (Phi) is 9.79. The van der Waals surface area contributed by atoms with Gasteiger partial charge in [-0.3, -0.25) is 0 Å². The van der Waals surface area contributed by atoms with E-state index in [2.05, 4.69) is 4.74 Å².